The molecule has 0 atom stereocenters. The van der Waals surface area contributed by atoms with Crippen molar-refractivity contribution in [2.45, 2.75) is 47.0 Å². The van der Waals surface area contributed by atoms with Crippen molar-refractivity contribution in [1.29, 1.82) is 0 Å². The number of allylic oxidation sites excluding steroid dienone is 1. The highest BCUT2D eigenvalue weighted by Gasteiger charge is 2.13. The molecule has 2 nitrogen and oxygen atoms in total. The molecule has 0 aromatic heterocycles. The second-order valence-corrected chi connectivity index (χ2v) is 4.21. The molecule has 0 radical (unpaired) electrons. The van der Waals surface area contributed by atoms with Crippen LogP contribution in [0.4, 0.5) is 0 Å². The number of rotatable bonds is 5. The van der Waals surface area contributed by atoms with Gasteiger partial charge in [0.1, 0.15) is 0 Å². The van der Waals surface area contributed by atoms with Crippen molar-refractivity contribution in [1.82, 2.24) is 0 Å². The van der Waals surface area contributed by atoms with E-state index in [0.717, 1.165) is 19.3 Å². The van der Waals surface area contributed by atoms with E-state index in [1.54, 1.807) is 13.0 Å². The van der Waals surface area contributed by atoms with Gasteiger partial charge in [0.05, 0.1) is 5.97 Å². The lowest BCUT2D eigenvalue weighted by Crippen LogP contribution is -2.24. The van der Waals surface area contributed by atoms with E-state index in [0.29, 0.717) is 5.57 Å². The van der Waals surface area contributed by atoms with Gasteiger partial charge in [0.15, 0.2) is 0 Å². The van der Waals surface area contributed by atoms with Gasteiger partial charge in [-0.2, -0.15) is 0 Å². The van der Waals surface area contributed by atoms with Crippen LogP contribution in [0.5, 0.6) is 0 Å². The summed E-state index contributed by atoms with van der Waals surface area (Å²) in [5.74, 6) is -1.07. The van der Waals surface area contributed by atoms with Gasteiger partial charge >= 0.3 is 0 Å². The number of unbranched alkanes of at least 4 members (excludes halogenated alkanes) is 1. The maximum Gasteiger partial charge on any atom is 0.0669 e. The smallest absolute Gasteiger partial charge is 0.0669 e. The second kappa shape index (κ2) is 5.05. The molecule has 0 N–H and O–H groups in total. The first kappa shape index (κ1) is 12.2. The van der Waals surface area contributed by atoms with Crippen molar-refractivity contribution in [3.63, 3.8) is 0 Å². The summed E-state index contributed by atoms with van der Waals surface area (Å²) in [4.78, 5) is 10.5. The molecule has 0 aromatic carbocycles. The molecule has 0 fully saturated rings. The van der Waals surface area contributed by atoms with Gasteiger partial charge in [0, 0.05) is 0 Å². The zero-order valence-electron chi connectivity index (χ0n) is 9.02. The number of carboxylic acid groups (broad SMARTS) is 1. The van der Waals surface area contributed by atoms with E-state index in [1.165, 1.54) is 0 Å². The molecular formula is C11H19O2-. The molecule has 0 rings (SSSR count). The number of carbonyl (C=O) groups excluding carboxylic acids is 1. The van der Waals surface area contributed by atoms with Crippen molar-refractivity contribution >= 4 is 5.97 Å². The molecule has 0 heterocycles. The summed E-state index contributed by atoms with van der Waals surface area (Å²) >= 11 is 0. The molecule has 0 saturated carbocycles. The second-order valence-electron chi connectivity index (χ2n) is 4.21. The summed E-state index contributed by atoms with van der Waals surface area (Å²) in [6.07, 6.45) is 5.08. The van der Waals surface area contributed by atoms with Crippen LogP contribution in [0.3, 0.4) is 0 Å². The van der Waals surface area contributed by atoms with Crippen molar-refractivity contribution < 1.29 is 9.90 Å². The molecular weight excluding hydrogens is 164 g/mol. The molecule has 76 valence electrons. The summed E-state index contributed by atoms with van der Waals surface area (Å²) in [6.45, 7) is 7.82. The van der Waals surface area contributed by atoms with Gasteiger partial charge in [0.25, 0.3) is 0 Å². The van der Waals surface area contributed by atoms with Crippen molar-refractivity contribution in [3.05, 3.63) is 11.6 Å². The van der Waals surface area contributed by atoms with Crippen LogP contribution in [-0.2, 0) is 4.79 Å². The first-order valence-corrected chi connectivity index (χ1v) is 4.80. The number of hydrogen-bond donors (Lipinski definition) is 0. The minimum absolute atomic E-state index is 0.0276. The molecule has 0 aliphatic carbocycles. The van der Waals surface area contributed by atoms with Gasteiger partial charge in [-0.1, -0.05) is 39.7 Å². The van der Waals surface area contributed by atoms with E-state index in [9.17, 15) is 9.90 Å². The first-order valence-electron chi connectivity index (χ1n) is 4.80. The topological polar surface area (TPSA) is 40.1 Å². The molecule has 0 unspecified atom stereocenters. The average Bonchev–Trinajstić information content (AvgIpc) is 2.00. The molecule has 0 aliphatic rings. The lowest BCUT2D eigenvalue weighted by atomic mass is 9.85. The van der Waals surface area contributed by atoms with Crippen LogP contribution < -0.4 is 5.11 Å². The Kier molecular flexibility index (Phi) is 4.74. The predicted octanol–water partition coefficient (Wildman–Crippen LogP) is 1.90. The molecule has 0 bridgehead atoms. The highest BCUT2D eigenvalue weighted by atomic mass is 16.4. The highest BCUT2D eigenvalue weighted by molar-refractivity contribution is 5.83. The molecule has 13 heavy (non-hydrogen) atoms. The standard InChI is InChI=1S/C11H20O2/c1-5-6-7-11(3,4)8-9(2)10(12)13/h8H,5-7H2,1-4H3,(H,12,13)/p-1/b9-8+. The van der Waals surface area contributed by atoms with Gasteiger partial charge in [0.2, 0.25) is 0 Å². The molecule has 0 saturated heterocycles. The van der Waals surface area contributed by atoms with Crippen molar-refractivity contribution in [2.75, 3.05) is 0 Å². The zero-order chi connectivity index (χ0) is 10.5. The molecule has 2 heteroatoms. The summed E-state index contributed by atoms with van der Waals surface area (Å²) < 4.78 is 0. The Morgan fingerprint density at radius 2 is 2.00 bits per heavy atom. The van der Waals surface area contributed by atoms with Gasteiger partial charge in [-0.3, -0.25) is 0 Å². The minimum Gasteiger partial charge on any atom is -0.545 e. The van der Waals surface area contributed by atoms with Gasteiger partial charge in [-0.05, 0) is 24.3 Å². The predicted molar refractivity (Wildman–Crippen MR) is 52.1 cm³/mol. The largest absolute Gasteiger partial charge is 0.545 e. The summed E-state index contributed by atoms with van der Waals surface area (Å²) in [5, 5.41) is 10.5. The maximum atomic E-state index is 10.5. The monoisotopic (exact) mass is 183 g/mol. The van der Waals surface area contributed by atoms with Crippen molar-refractivity contribution in [2.24, 2.45) is 5.41 Å². The summed E-state index contributed by atoms with van der Waals surface area (Å²) in [7, 11) is 0. The van der Waals surface area contributed by atoms with Crippen LogP contribution in [0.25, 0.3) is 0 Å². The van der Waals surface area contributed by atoms with Gasteiger partial charge < -0.3 is 9.90 Å². The van der Waals surface area contributed by atoms with E-state index >= 15 is 0 Å². The Morgan fingerprint density at radius 1 is 1.46 bits per heavy atom. The van der Waals surface area contributed by atoms with Crippen LogP contribution in [0.15, 0.2) is 11.6 Å². The first-order chi connectivity index (χ1) is 5.89. The summed E-state index contributed by atoms with van der Waals surface area (Å²) in [6, 6.07) is 0. The van der Waals surface area contributed by atoms with Crippen LogP contribution in [0.2, 0.25) is 0 Å². The Balaban J connectivity index is 4.29. The third kappa shape index (κ3) is 5.45. The maximum absolute atomic E-state index is 10.5. The van der Waals surface area contributed by atoms with E-state index in [1.807, 2.05) is 0 Å². The third-order valence-corrected chi connectivity index (χ3v) is 2.10. The zero-order valence-corrected chi connectivity index (χ0v) is 9.02. The Bertz CT molecular complexity index is 202. The SMILES string of the molecule is CCCCC(C)(C)/C=C(\C)C(=O)[O-]. The van der Waals surface area contributed by atoms with E-state index in [4.69, 9.17) is 0 Å². The quantitative estimate of drug-likeness (QED) is 0.611. The number of aliphatic carboxylic acids is 1. The Labute approximate surface area is 80.7 Å². The van der Waals surface area contributed by atoms with Gasteiger partial charge in [-0.25, -0.2) is 0 Å². The Morgan fingerprint density at radius 3 is 2.38 bits per heavy atom. The lowest BCUT2D eigenvalue weighted by Gasteiger charge is -2.21. The lowest BCUT2D eigenvalue weighted by molar-refractivity contribution is -0.299. The van der Waals surface area contributed by atoms with E-state index < -0.39 is 5.97 Å². The normalized spacial score (nSPS) is 13.1. The molecule has 0 aromatic rings. The van der Waals surface area contributed by atoms with Gasteiger partial charge in [-0.15, -0.1) is 0 Å². The average molecular weight is 183 g/mol. The third-order valence-electron chi connectivity index (χ3n) is 2.10. The van der Waals surface area contributed by atoms with Crippen LogP contribution in [-0.4, -0.2) is 5.97 Å². The molecule has 0 spiro atoms. The molecule has 0 aliphatic heterocycles. The molecule has 0 amide bonds. The van der Waals surface area contributed by atoms with Crippen LogP contribution >= 0.6 is 0 Å². The summed E-state index contributed by atoms with van der Waals surface area (Å²) in [5.41, 5.74) is 0.307. The van der Waals surface area contributed by atoms with E-state index in [-0.39, 0.29) is 5.41 Å². The number of carboxylic acids is 1. The fourth-order valence-electron chi connectivity index (χ4n) is 1.35. The number of hydrogen-bond acceptors (Lipinski definition) is 2. The number of carbonyl (C=O) groups is 1. The fraction of sp³-hybridized carbons (Fsp3) is 0.727. The van der Waals surface area contributed by atoms with Crippen molar-refractivity contribution in [3.8, 4) is 0 Å². The highest BCUT2D eigenvalue weighted by Crippen LogP contribution is 2.26. The Hall–Kier alpha value is -0.790. The minimum atomic E-state index is -1.07. The van der Waals surface area contributed by atoms with Crippen LogP contribution in [0.1, 0.15) is 47.0 Å². The van der Waals surface area contributed by atoms with Crippen LogP contribution in [0, 0.1) is 5.41 Å². The van der Waals surface area contributed by atoms with E-state index in [2.05, 4.69) is 20.8 Å². The fourth-order valence-corrected chi connectivity index (χ4v) is 1.35.